The van der Waals surface area contributed by atoms with Gasteiger partial charge in [0.25, 0.3) is 0 Å². The molecule has 31 heavy (non-hydrogen) atoms. The van der Waals surface area contributed by atoms with Crippen molar-refractivity contribution in [3.63, 3.8) is 0 Å². The summed E-state index contributed by atoms with van der Waals surface area (Å²) in [7, 11) is 0. The molecule has 1 aromatic heterocycles. The third kappa shape index (κ3) is 5.43. The van der Waals surface area contributed by atoms with Gasteiger partial charge in [0, 0.05) is 42.3 Å². The number of aromatic nitrogens is 2. The van der Waals surface area contributed by atoms with Gasteiger partial charge in [0.15, 0.2) is 17.5 Å². The molecule has 1 aliphatic heterocycles. The van der Waals surface area contributed by atoms with Gasteiger partial charge < -0.3 is 25.6 Å². The summed E-state index contributed by atoms with van der Waals surface area (Å²) in [6.07, 6.45) is 1.72. The molecule has 0 spiro atoms. The first kappa shape index (κ1) is 20.5. The van der Waals surface area contributed by atoms with E-state index in [1.807, 2.05) is 6.07 Å². The largest absolute Gasteiger partial charge is 0.378 e. The predicted octanol–water partition coefficient (Wildman–Crippen LogP) is 3.98. The first-order valence-electron chi connectivity index (χ1n) is 9.62. The molecule has 0 bridgehead atoms. The van der Waals surface area contributed by atoms with Crippen LogP contribution < -0.4 is 20.9 Å². The van der Waals surface area contributed by atoms with Crippen molar-refractivity contribution in [1.29, 1.82) is 0 Å². The van der Waals surface area contributed by atoms with Crippen molar-refractivity contribution in [3.8, 4) is 0 Å². The molecule has 0 unspecified atom stereocenters. The van der Waals surface area contributed by atoms with Gasteiger partial charge in [0.05, 0.1) is 25.1 Å². The summed E-state index contributed by atoms with van der Waals surface area (Å²) in [4.78, 5) is 14.2. The zero-order chi connectivity index (χ0) is 21.6. The highest BCUT2D eigenvalue weighted by molar-refractivity contribution is 5.99. The Hall–Kier alpha value is -3.79. The van der Waals surface area contributed by atoms with Gasteiger partial charge in [-0.1, -0.05) is 0 Å². The molecule has 4 rings (SSSR count). The molecular formula is C21H20F2N6O2. The minimum absolute atomic E-state index is 0.147. The number of morpholine rings is 1. The molecule has 0 saturated carbocycles. The second-order valence-corrected chi connectivity index (χ2v) is 6.81. The summed E-state index contributed by atoms with van der Waals surface area (Å²) in [5, 5.41) is 16.4. The number of rotatable bonds is 5. The molecule has 3 aromatic rings. The Labute approximate surface area is 177 Å². The van der Waals surface area contributed by atoms with Crippen LogP contribution in [0.5, 0.6) is 0 Å². The number of ether oxygens (including phenoxy) is 1. The van der Waals surface area contributed by atoms with E-state index >= 15 is 0 Å². The summed E-state index contributed by atoms with van der Waals surface area (Å²) in [6.45, 7) is 2.97. The monoisotopic (exact) mass is 426 g/mol. The lowest BCUT2D eigenvalue weighted by Gasteiger charge is -2.28. The molecule has 2 heterocycles. The van der Waals surface area contributed by atoms with Crippen molar-refractivity contribution >= 4 is 34.6 Å². The van der Waals surface area contributed by atoms with Crippen molar-refractivity contribution in [2.45, 2.75) is 0 Å². The molecule has 160 valence electrons. The molecule has 1 aliphatic rings. The summed E-state index contributed by atoms with van der Waals surface area (Å²) in [5.41, 5.74) is 2.40. The molecule has 0 radical (unpaired) electrons. The molecule has 0 atom stereocenters. The molecule has 2 amide bonds. The fourth-order valence-corrected chi connectivity index (χ4v) is 3.06. The number of carbonyl (C=O) groups excluding carboxylic acids is 1. The quantitative estimate of drug-likeness (QED) is 0.572. The van der Waals surface area contributed by atoms with Crippen LogP contribution in [0, 0.1) is 11.6 Å². The molecule has 3 N–H and O–H groups in total. The fourth-order valence-electron chi connectivity index (χ4n) is 3.06. The average Bonchev–Trinajstić information content (AvgIpc) is 2.78. The van der Waals surface area contributed by atoms with Crippen molar-refractivity contribution in [2.24, 2.45) is 0 Å². The lowest BCUT2D eigenvalue weighted by Crippen LogP contribution is -2.36. The standard InChI is InChI=1S/C21H20F2N6O2/c22-18-6-5-16(11-19(18)23)27-21(30)26-15-3-1-14(2-4-15)25-20-12-17(13-24-28-20)29-7-9-31-10-8-29/h1-6,11-13H,7-10H2,(H,25,28)(H2,26,27,30). The maximum absolute atomic E-state index is 13.2. The first-order valence-corrected chi connectivity index (χ1v) is 9.62. The van der Waals surface area contributed by atoms with E-state index in [2.05, 4.69) is 31.0 Å². The Balaban J connectivity index is 1.35. The van der Waals surface area contributed by atoms with Crippen molar-refractivity contribution in [2.75, 3.05) is 47.2 Å². The Bertz CT molecular complexity index is 1060. The highest BCUT2D eigenvalue weighted by Crippen LogP contribution is 2.22. The van der Waals surface area contributed by atoms with Gasteiger partial charge in [0.1, 0.15) is 0 Å². The minimum atomic E-state index is -1.03. The van der Waals surface area contributed by atoms with E-state index in [9.17, 15) is 13.6 Å². The fraction of sp³-hybridized carbons (Fsp3) is 0.190. The van der Waals surface area contributed by atoms with Crippen LogP contribution in [0.1, 0.15) is 0 Å². The van der Waals surface area contributed by atoms with Gasteiger partial charge in [0.2, 0.25) is 0 Å². The number of hydrogen-bond donors (Lipinski definition) is 3. The van der Waals surface area contributed by atoms with Crippen LogP contribution >= 0.6 is 0 Å². The lowest BCUT2D eigenvalue weighted by molar-refractivity contribution is 0.122. The Morgan fingerprint density at radius 1 is 0.903 bits per heavy atom. The van der Waals surface area contributed by atoms with Crippen LogP contribution in [0.15, 0.2) is 54.7 Å². The highest BCUT2D eigenvalue weighted by atomic mass is 19.2. The van der Waals surface area contributed by atoms with Gasteiger partial charge >= 0.3 is 6.03 Å². The zero-order valence-electron chi connectivity index (χ0n) is 16.4. The third-order valence-corrected chi connectivity index (χ3v) is 4.61. The minimum Gasteiger partial charge on any atom is -0.378 e. The third-order valence-electron chi connectivity index (χ3n) is 4.61. The number of amides is 2. The molecule has 2 aromatic carbocycles. The number of carbonyl (C=O) groups is 1. The van der Waals surface area contributed by atoms with E-state index < -0.39 is 17.7 Å². The molecule has 0 aliphatic carbocycles. The smallest absolute Gasteiger partial charge is 0.323 e. The summed E-state index contributed by atoms with van der Waals surface area (Å²) in [6, 6.07) is 11.4. The Morgan fingerprint density at radius 2 is 1.58 bits per heavy atom. The van der Waals surface area contributed by atoms with Gasteiger partial charge in [-0.15, -0.1) is 5.10 Å². The van der Waals surface area contributed by atoms with Crippen LogP contribution in [0.4, 0.5) is 42.1 Å². The highest BCUT2D eigenvalue weighted by Gasteiger charge is 2.12. The molecule has 8 nitrogen and oxygen atoms in total. The normalized spacial score (nSPS) is 13.5. The molecule has 10 heteroatoms. The van der Waals surface area contributed by atoms with Crippen LogP contribution in [0.3, 0.4) is 0 Å². The predicted molar refractivity (Wildman–Crippen MR) is 114 cm³/mol. The van der Waals surface area contributed by atoms with Gasteiger partial charge in [-0.25, -0.2) is 13.6 Å². The average molecular weight is 426 g/mol. The van der Waals surface area contributed by atoms with Crippen molar-refractivity contribution < 1.29 is 18.3 Å². The van der Waals surface area contributed by atoms with Crippen molar-refractivity contribution in [3.05, 3.63) is 66.4 Å². The second kappa shape index (κ2) is 9.35. The Kier molecular flexibility index (Phi) is 6.18. The number of urea groups is 1. The lowest BCUT2D eigenvalue weighted by atomic mass is 10.2. The molecular weight excluding hydrogens is 406 g/mol. The van der Waals surface area contributed by atoms with Crippen molar-refractivity contribution in [1.82, 2.24) is 10.2 Å². The SMILES string of the molecule is O=C(Nc1ccc(Nc2cc(N3CCOCC3)cnn2)cc1)Nc1ccc(F)c(F)c1. The second-order valence-electron chi connectivity index (χ2n) is 6.81. The van der Waals surface area contributed by atoms with E-state index in [0.29, 0.717) is 24.7 Å². The zero-order valence-corrected chi connectivity index (χ0v) is 16.4. The number of anilines is 5. The van der Waals surface area contributed by atoms with Gasteiger partial charge in [-0.3, -0.25) is 0 Å². The molecule has 1 fully saturated rings. The van der Waals surface area contributed by atoms with E-state index in [0.717, 1.165) is 36.6 Å². The van der Waals surface area contributed by atoms with Crippen LogP contribution in [-0.4, -0.2) is 42.5 Å². The number of benzene rings is 2. The van der Waals surface area contributed by atoms with Crippen LogP contribution in [-0.2, 0) is 4.74 Å². The first-order chi connectivity index (χ1) is 15.1. The molecule has 1 saturated heterocycles. The van der Waals surface area contributed by atoms with Gasteiger partial charge in [-0.2, -0.15) is 5.10 Å². The van der Waals surface area contributed by atoms with E-state index in [-0.39, 0.29) is 5.69 Å². The summed E-state index contributed by atoms with van der Waals surface area (Å²) in [5.74, 6) is -1.41. The topological polar surface area (TPSA) is 91.4 Å². The number of nitrogens with one attached hydrogen (secondary N) is 3. The van der Waals surface area contributed by atoms with E-state index in [1.54, 1.807) is 30.5 Å². The maximum Gasteiger partial charge on any atom is 0.323 e. The van der Waals surface area contributed by atoms with E-state index in [1.165, 1.54) is 6.07 Å². The maximum atomic E-state index is 13.2. The van der Waals surface area contributed by atoms with E-state index in [4.69, 9.17) is 4.74 Å². The van der Waals surface area contributed by atoms with Gasteiger partial charge in [-0.05, 0) is 36.4 Å². The van der Waals surface area contributed by atoms with Crippen LogP contribution in [0.2, 0.25) is 0 Å². The van der Waals surface area contributed by atoms with Crippen LogP contribution in [0.25, 0.3) is 0 Å². The summed E-state index contributed by atoms with van der Waals surface area (Å²) < 4.78 is 31.6. The number of hydrogen-bond acceptors (Lipinski definition) is 6. The summed E-state index contributed by atoms with van der Waals surface area (Å²) >= 11 is 0. The number of nitrogens with zero attached hydrogens (tertiary/aromatic N) is 3. The Morgan fingerprint density at radius 3 is 2.32 bits per heavy atom. The number of halogens is 2.